The first-order valence-corrected chi connectivity index (χ1v) is 9.28. The second-order valence-electron chi connectivity index (χ2n) is 6.69. The minimum absolute atomic E-state index is 0.00375. The van der Waals surface area contributed by atoms with Gasteiger partial charge in [-0.25, -0.2) is 0 Å². The number of ether oxygens (including phenoxy) is 1. The van der Waals surface area contributed by atoms with Crippen molar-refractivity contribution in [2.24, 2.45) is 0 Å². The standard InChI is InChI=1S/C21H25N3O3/c1-27-19-7-3-2-5-16(19)8-9-20(25)23-18-10-13-24(14-11-18)21(26)17-6-4-12-22-15-17/h2-7,12,15,18H,8-11,13-14H2,1H3,(H,23,25). The summed E-state index contributed by atoms with van der Waals surface area (Å²) in [5.74, 6) is 0.856. The number of nitrogens with zero attached hydrogens (tertiary/aromatic N) is 2. The van der Waals surface area contributed by atoms with Crippen molar-refractivity contribution >= 4 is 11.8 Å². The maximum Gasteiger partial charge on any atom is 0.255 e. The number of hydrogen-bond acceptors (Lipinski definition) is 4. The van der Waals surface area contributed by atoms with Crippen LogP contribution < -0.4 is 10.1 Å². The molecule has 27 heavy (non-hydrogen) atoms. The van der Waals surface area contributed by atoms with E-state index >= 15 is 0 Å². The summed E-state index contributed by atoms with van der Waals surface area (Å²) >= 11 is 0. The molecular weight excluding hydrogens is 342 g/mol. The predicted molar refractivity (Wildman–Crippen MR) is 103 cm³/mol. The molecule has 1 aliphatic heterocycles. The third kappa shape index (κ3) is 5.06. The molecule has 1 aliphatic rings. The Balaban J connectivity index is 1.43. The van der Waals surface area contributed by atoms with E-state index < -0.39 is 0 Å². The van der Waals surface area contributed by atoms with Gasteiger partial charge in [0.15, 0.2) is 0 Å². The van der Waals surface area contributed by atoms with Gasteiger partial charge in [-0.1, -0.05) is 18.2 Å². The number of benzene rings is 1. The zero-order chi connectivity index (χ0) is 19.1. The molecule has 142 valence electrons. The number of carbonyl (C=O) groups excluding carboxylic acids is 2. The van der Waals surface area contributed by atoms with Crippen molar-refractivity contribution in [1.29, 1.82) is 0 Å². The molecule has 1 fully saturated rings. The van der Waals surface area contributed by atoms with Gasteiger partial charge < -0.3 is 15.0 Å². The van der Waals surface area contributed by atoms with E-state index in [1.165, 1.54) is 0 Å². The first-order valence-electron chi connectivity index (χ1n) is 9.28. The van der Waals surface area contributed by atoms with Crippen LogP contribution in [-0.4, -0.2) is 47.9 Å². The van der Waals surface area contributed by atoms with E-state index in [0.29, 0.717) is 31.5 Å². The van der Waals surface area contributed by atoms with Crippen molar-refractivity contribution in [3.8, 4) is 5.75 Å². The zero-order valence-corrected chi connectivity index (χ0v) is 15.6. The Morgan fingerprint density at radius 1 is 1.19 bits per heavy atom. The highest BCUT2D eigenvalue weighted by molar-refractivity contribution is 5.93. The monoisotopic (exact) mass is 367 g/mol. The largest absolute Gasteiger partial charge is 0.496 e. The van der Waals surface area contributed by atoms with Crippen LogP contribution in [0.3, 0.4) is 0 Å². The maximum absolute atomic E-state index is 12.4. The Kier molecular flexibility index (Phi) is 6.41. The van der Waals surface area contributed by atoms with Gasteiger partial charge in [0.1, 0.15) is 5.75 Å². The van der Waals surface area contributed by atoms with Crippen molar-refractivity contribution in [3.63, 3.8) is 0 Å². The van der Waals surface area contributed by atoms with Crippen molar-refractivity contribution in [2.45, 2.75) is 31.7 Å². The number of aryl methyl sites for hydroxylation is 1. The van der Waals surface area contributed by atoms with Crippen molar-refractivity contribution < 1.29 is 14.3 Å². The summed E-state index contributed by atoms with van der Waals surface area (Å²) in [6.07, 6.45) is 5.86. The van der Waals surface area contributed by atoms with E-state index in [4.69, 9.17) is 4.74 Å². The number of pyridine rings is 1. The fourth-order valence-corrected chi connectivity index (χ4v) is 3.36. The first kappa shape index (κ1) is 18.9. The van der Waals surface area contributed by atoms with E-state index in [9.17, 15) is 9.59 Å². The molecule has 0 saturated carbocycles. The molecule has 6 nitrogen and oxygen atoms in total. The topological polar surface area (TPSA) is 71.5 Å². The van der Waals surface area contributed by atoms with Crippen molar-refractivity contribution in [2.75, 3.05) is 20.2 Å². The van der Waals surface area contributed by atoms with Crippen LogP contribution in [0.15, 0.2) is 48.8 Å². The number of para-hydroxylation sites is 1. The lowest BCUT2D eigenvalue weighted by molar-refractivity contribution is -0.122. The highest BCUT2D eigenvalue weighted by atomic mass is 16.5. The van der Waals surface area contributed by atoms with Gasteiger partial charge in [0.2, 0.25) is 5.91 Å². The van der Waals surface area contributed by atoms with Crippen LogP contribution in [0.4, 0.5) is 0 Å². The van der Waals surface area contributed by atoms with Gasteiger partial charge in [-0.3, -0.25) is 14.6 Å². The number of amides is 2. The van der Waals surface area contributed by atoms with Crippen LogP contribution in [-0.2, 0) is 11.2 Å². The van der Waals surface area contributed by atoms with Gasteiger partial charge in [-0.2, -0.15) is 0 Å². The molecule has 3 rings (SSSR count). The summed E-state index contributed by atoms with van der Waals surface area (Å²) < 4.78 is 5.32. The number of methoxy groups -OCH3 is 1. The van der Waals surface area contributed by atoms with Crippen LogP contribution in [0, 0.1) is 0 Å². The van der Waals surface area contributed by atoms with Crippen LogP contribution in [0.25, 0.3) is 0 Å². The van der Waals surface area contributed by atoms with Crippen LogP contribution in [0.2, 0.25) is 0 Å². The van der Waals surface area contributed by atoms with Crippen LogP contribution >= 0.6 is 0 Å². The Morgan fingerprint density at radius 2 is 1.96 bits per heavy atom. The molecule has 0 spiro atoms. The molecule has 2 amide bonds. The lowest BCUT2D eigenvalue weighted by Crippen LogP contribution is -2.46. The molecule has 2 aromatic rings. The minimum Gasteiger partial charge on any atom is -0.496 e. The Bertz CT molecular complexity index is 771. The van der Waals surface area contributed by atoms with E-state index in [0.717, 1.165) is 24.2 Å². The minimum atomic E-state index is 0.00375. The van der Waals surface area contributed by atoms with Gasteiger partial charge in [-0.15, -0.1) is 0 Å². The number of rotatable bonds is 6. The Morgan fingerprint density at radius 3 is 2.67 bits per heavy atom. The fraction of sp³-hybridized carbons (Fsp3) is 0.381. The van der Waals surface area contributed by atoms with Gasteiger partial charge in [-0.05, 0) is 43.0 Å². The molecule has 0 unspecified atom stereocenters. The average molecular weight is 367 g/mol. The molecule has 1 aromatic carbocycles. The zero-order valence-electron chi connectivity index (χ0n) is 15.6. The maximum atomic E-state index is 12.4. The molecule has 0 radical (unpaired) electrons. The highest BCUT2D eigenvalue weighted by Crippen LogP contribution is 2.19. The molecule has 1 aromatic heterocycles. The highest BCUT2D eigenvalue weighted by Gasteiger charge is 2.24. The number of likely N-dealkylation sites (tertiary alicyclic amines) is 1. The number of hydrogen-bond donors (Lipinski definition) is 1. The van der Waals surface area contributed by atoms with Crippen LogP contribution in [0.1, 0.15) is 35.2 Å². The molecule has 1 N–H and O–H groups in total. The number of aromatic nitrogens is 1. The summed E-state index contributed by atoms with van der Waals surface area (Å²) in [5, 5.41) is 3.10. The van der Waals surface area contributed by atoms with Crippen molar-refractivity contribution in [1.82, 2.24) is 15.2 Å². The molecule has 2 heterocycles. The third-order valence-corrected chi connectivity index (χ3v) is 4.87. The summed E-state index contributed by atoms with van der Waals surface area (Å²) in [7, 11) is 1.64. The van der Waals surface area contributed by atoms with E-state index in [1.54, 1.807) is 31.6 Å². The number of nitrogens with one attached hydrogen (secondary N) is 1. The van der Waals surface area contributed by atoms with Gasteiger partial charge in [0, 0.05) is 37.9 Å². The normalized spacial score (nSPS) is 14.6. The SMILES string of the molecule is COc1ccccc1CCC(=O)NC1CCN(C(=O)c2cccnc2)CC1. The van der Waals surface area contributed by atoms with Gasteiger partial charge in [0.05, 0.1) is 12.7 Å². The molecule has 1 saturated heterocycles. The quantitative estimate of drug-likeness (QED) is 0.851. The smallest absolute Gasteiger partial charge is 0.255 e. The van der Waals surface area contributed by atoms with E-state index in [-0.39, 0.29) is 17.9 Å². The summed E-state index contributed by atoms with van der Waals surface area (Å²) in [6, 6.07) is 11.4. The molecule has 0 atom stereocenters. The first-order chi connectivity index (χ1) is 13.2. The van der Waals surface area contributed by atoms with Crippen molar-refractivity contribution in [3.05, 3.63) is 59.9 Å². The Labute approximate surface area is 159 Å². The summed E-state index contributed by atoms with van der Waals surface area (Å²) in [5.41, 5.74) is 1.64. The fourth-order valence-electron chi connectivity index (χ4n) is 3.36. The number of piperidine rings is 1. The Hall–Kier alpha value is -2.89. The van der Waals surface area contributed by atoms with E-state index in [2.05, 4.69) is 10.3 Å². The summed E-state index contributed by atoms with van der Waals surface area (Å²) in [4.78, 5) is 30.5. The second-order valence-corrected chi connectivity index (χ2v) is 6.69. The van der Waals surface area contributed by atoms with Gasteiger partial charge in [0.25, 0.3) is 5.91 Å². The predicted octanol–water partition coefficient (Wildman–Crippen LogP) is 2.44. The summed E-state index contributed by atoms with van der Waals surface area (Å²) in [6.45, 7) is 1.29. The lowest BCUT2D eigenvalue weighted by Gasteiger charge is -2.32. The average Bonchev–Trinajstić information content (AvgIpc) is 2.73. The molecule has 0 aliphatic carbocycles. The van der Waals surface area contributed by atoms with E-state index in [1.807, 2.05) is 29.2 Å². The second kappa shape index (κ2) is 9.16. The van der Waals surface area contributed by atoms with Gasteiger partial charge >= 0.3 is 0 Å². The van der Waals surface area contributed by atoms with Crippen LogP contribution in [0.5, 0.6) is 5.75 Å². The molecule has 6 heteroatoms. The number of carbonyl (C=O) groups is 2. The molecule has 0 bridgehead atoms. The third-order valence-electron chi connectivity index (χ3n) is 4.87. The molecular formula is C21H25N3O3. The lowest BCUT2D eigenvalue weighted by atomic mass is 10.0.